The molecule has 0 radical (unpaired) electrons. The first-order valence-electron chi connectivity index (χ1n) is 33.6. The molecule has 0 aliphatic rings. The maximum absolute atomic E-state index is 12.7. The average molecular weight is 1220 g/mol. The molecule has 0 saturated heterocycles. The Balaban J connectivity index is 4.08. The lowest BCUT2D eigenvalue weighted by atomic mass is 10.0. The SMILES string of the molecule is CC/C=C\C/C=C\C/C=C\C/C=C\C/C=C\C/C=C\C/C=C\C/C=C\C/C=C\C/C=C\CCCCC(=O)OC(COC(=O)CCCCCCCCCCCCC/C=C\C/C=C\C/C=C\C/C=C\C/C=C\C/C=C\C/C=C\CC)COP(=O)(O)OCCN. The fraction of sp³-hybridized carbons (Fsp3) is 0.532. The molecule has 87 heavy (non-hydrogen) atoms. The van der Waals surface area contributed by atoms with E-state index in [0.717, 1.165) is 148 Å². The molecule has 0 aromatic carbocycles. The number of phosphoric acid groups is 1. The van der Waals surface area contributed by atoms with Gasteiger partial charge in [0.1, 0.15) is 6.61 Å². The molecule has 0 amide bonds. The lowest BCUT2D eigenvalue weighted by molar-refractivity contribution is -0.161. The van der Waals surface area contributed by atoms with E-state index in [4.69, 9.17) is 24.3 Å². The van der Waals surface area contributed by atoms with Gasteiger partial charge < -0.3 is 20.1 Å². The molecule has 0 aliphatic carbocycles. The Morgan fingerprint density at radius 2 is 0.598 bits per heavy atom. The number of ether oxygens (including phenoxy) is 2. The molecule has 9 nitrogen and oxygen atoms in total. The zero-order valence-corrected chi connectivity index (χ0v) is 55.3. The van der Waals surface area contributed by atoms with Gasteiger partial charge >= 0.3 is 19.8 Å². The lowest BCUT2D eigenvalue weighted by Gasteiger charge is -2.19. The van der Waals surface area contributed by atoms with Gasteiger partial charge in [-0.25, -0.2) is 4.57 Å². The molecule has 0 heterocycles. The third-order valence-corrected chi connectivity index (χ3v) is 14.1. The summed E-state index contributed by atoms with van der Waals surface area (Å²) >= 11 is 0. The number of unbranched alkanes of at least 4 members (excludes halogenated alkanes) is 13. The second-order valence-corrected chi connectivity index (χ2v) is 22.7. The first-order chi connectivity index (χ1) is 42.8. The second-order valence-electron chi connectivity index (χ2n) is 21.2. The average Bonchev–Trinajstić information content (AvgIpc) is 3.64. The number of esters is 2. The molecular formula is C77H120NO8P. The quantitative estimate of drug-likeness (QED) is 0.0264. The maximum Gasteiger partial charge on any atom is 0.472 e. The Bertz CT molecular complexity index is 2180. The predicted molar refractivity (Wildman–Crippen MR) is 375 cm³/mol. The van der Waals surface area contributed by atoms with Crippen molar-refractivity contribution in [2.75, 3.05) is 26.4 Å². The van der Waals surface area contributed by atoms with Crippen molar-refractivity contribution in [3.8, 4) is 0 Å². The topological polar surface area (TPSA) is 134 Å². The lowest BCUT2D eigenvalue weighted by Crippen LogP contribution is -2.29. The molecule has 0 aromatic heterocycles. The summed E-state index contributed by atoms with van der Waals surface area (Å²) in [6, 6.07) is 0. The predicted octanol–water partition coefficient (Wildman–Crippen LogP) is 22.3. The van der Waals surface area contributed by atoms with Gasteiger partial charge in [-0.15, -0.1) is 0 Å². The van der Waals surface area contributed by atoms with Gasteiger partial charge in [-0.05, 0) is 148 Å². The van der Waals surface area contributed by atoms with Gasteiger partial charge in [-0.1, -0.05) is 278 Å². The normalized spacial score (nSPS) is 14.3. The summed E-state index contributed by atoms with van der Waals surface area (Å²) in [5.74, 6) is -0.898. The van der Waals surface area contributed by atoms with E-state index in [1.54, 1.807) is 0 Å². The molecule has 0 bridgehead atoms. The zero-order chi connectivity index (χ0) is 63.0. The molecule has 0 aromatic rings. The van der Waals surface area contributed by atoms with Gasteiger partial charge in [0.15, 0.2) is 6.10 Å². The van der Waals surface area contributed by atoms with E-state index in [2.05, 4.69) is 220 Å². The summed E-state index contributed by atoms with van der Waals surface area (Å²) in [6.45, 7) is 3.44. The third-order valence-electron chi connectivity index (χ3n) is 13.2. The van der Waals surface area contributed by atoms with Crippen LogP contribution in [0.1, 0.15) is 232 Å². The van der Waals surface area contributed by atoms with Crippen LogP contribution < -0.4 is 5.73 Å². The molecule has 0 saturated carbocycles. The maximum atomic E-state index is 12.7. The second kappa shape index (κ2) is 69.7. The van der Waals surface area contributed by atoms with Crippen LogP contribution >= 0.6 is 7.82 Å². The minimum atomic E-state index is -4.42. The van der Waals surface area contributed by atoms with Crippen LogP contribution in [-0.2, 0) is 32.7 Å². The van der Waals surface area contributed by atoms with E-state index < -0.39 is 32.5 Å². The number of hydrogen-bond donors (Lipinski definition) is 2. The van der Waals surface area contributed by atoms with E-state index in [0.29, 0.717) is 12.8 Å². The van der Waals surface area contributed by atoms with E-state index in [-0.39, 0.29) is 32.6 Å². The summed E-state index contributed by atoms with van der Waals surface area (Å²) in [7, 11) is -4.42. The summed E-state index contributed by atoms with van der Waals surface area (Å²) < 4.78 is 33.1. The van der Waals surface area contributed by atoms with Crippen LogP contribution in [0.5, 0.6) is 0 Å². The summed E-state index contributed by atoms with van der Waals surface area (Å²) in [4.78, 5) is 35.3. The van der Waals surface area contributed by atoms with E-state index in [1.807, 2.05) is 0 Å². The highest BCUT2D eigenvalue weighted by molar-refractivity contribution is 7.47. The highest BCUT2D eigenvalue weighted by Crippen LogP contribution is 2.43. The first kappa shape index (κ1) is 81.6. The van der Waals surface area contributed by atoms with E-state index in [1.165, 1.54) is 44.9 Å². The van der Waals surface area contributed by atoms with Crippen molar-refractivity contribution in [1.82, 2.24) is 0 Å². The largest absolute Gasteiger partial charge is 0.472 e. The summed E-state index contributed by atoms with van der Waals surface area (Å²) in [5, 5.41) is 0. The fourth-order valence-corrected chi connectivity index (χ4v) is 9.06. The molecule has 10 heteroatoms. The molecule has 0 spiro atoms. The molecule has 486 valence electrons. The summed E-state index contributed by atoms with van der Waals surface area (Å²) in [6.07, 6.45) is 108. The van der Waals surface area contributed by atoms with E-state index in [9.17, 15) is 19.0 Å². The monoisotopic (exact) mass is 1220 g/mol. The smallest absolute Gasteiger partial charge is 0.462 e. The number of nitrogens with two attached hydrogens (primary N) is 1. The van der Waals surface area contributed by atoms with Crippen molar-refractivity contribution in [1.29, 1.82) is 0 Å². The van der Waals surface area contributed by atoms with Crippen molar-refractivity contribution < 1.29 is 37.6 Å². The molecule has 2 unspecified atom stereocenters. The van der Waals surface area contributed by atoms with Gasteiger partial charge in [-0.3, -0.25) is 18.6 Å². The van der Waals surface area contributed by atoms with Crippen LogP contribution in [0.3, 0.4) is 0 Å². The molecule has 0 fully saturated rings. The van der Waals surface area contributed by atoms with Crippen molar-refractivity contribution >= 4 is 19.8 Å². The van der Waals surface area contributed by atoms with Crippen LogP contribution in [0.15, 0.2) is 207 Å². The van der Waals surface area contributed by atoms with Crippen LogP contribution in [-0.4, -0.2) is 49.3 Å². The minimum Gasteiger partial charge on any atom is -0.462 e. The Labute approximate surface area is 531 Å². The molecule has 0 rings (SSSR count). The number of rotatable bonds is 60. The first-order valence-corrected chi connectivity index (χ1v) is 35.1. The van der Waals surface area contributed by atoms with Crippen LogP contribution in [0.25, 0.3) is 0 Å². The zero-order valence-electron chi connectivity index (χ0n) is 54.4. The Hall–Kier alpha value is -5.41. The highest BCUT2D eigenvalue weighted by Gasteiger charge is 2.26. The third kappa shape index (κ3) is 69.6. The number of carbonyl (C=O) groups is 2. The van der Waals surface area contributed by atoms with Crippen LogP contribution in [0, 0.1) is 0 Å². The number of phosphoric ester groups is 1. The minimum absolute atomic E-state index is 0.0342. The molecular weight excluding hydrogens is 1100 g/mol. The van der Waals surface area contributed by atoms with Gasteiger partial charge in [0.05, 0.1) is 13.2 Å². The highest BCUT2D eigenvalue weighted by atomic mass is 31.2. The van der Waals surface area contributed by atoms with Crippen molar-refractivity contribution in [3.63, 3.8) is 0 Å². The van der Waals surface area contributed by atoms with Crippen LogP contribution in [0.2, 0.25) is 0 Å². The van der Waals surface area contributed by atoms with Gasteiger partial charge in [-0.2, -0.15) is 0 Å². The Morgan fingerprint density at radius 3 is 0.908 bits per heavy atom. The number of hydrogen-bond acceptors (Lipinski definition) is 8. The van der Waals surface area contributed by atoms with Crippen molar-refractivity contribution in [2.45, 2.75) is 238 Å². The van der Waals surface area contributed by atoms with Crippen molar-refractivity contribution in [2.24, 2.45) is 5.73 Å². The standard InChI is InChI=1S/C77H120NO8P/c1-3-5-7-9-11-13-15-17-19-21-23-25-27-29-31-33-35-37-39-41-43-45-47-49-51-53-55-57-59-61-63-65-67-69-76(79)83-73-75(74-85-87(81,82)84-72-71-78)86-77(80)70-68-66-64-62-60-58-56-54-52-50-48-46-44-42-40-38-36-34-32-30-28-26-24-22-20-18-16-14-12-10-8-6-4-2/h5-8,11-14,17-20,23-26,29-32,35-38,41-44,48,50,54,56,60,62,75H,3-4,9-10,15-16,21-22,27-28,33-34,39-40,45-47,49,51-53,55,57-59,61,63-74,78H2,1-2H3,(H,81,82)/b7-5-,8-6-,13-11-,14-12-,19-17-,20-18-,25-23-,26-24-,31-29-,32-30-,37-35-,38-36-,43-41-,44-42-,50-48-,56-54-,62-60-. The number of carbonyl (C=O) groups excluding carboxylic acids is 2. The van der Waals surface area contributed by atoms with Crippen LogP contribution in [0.4, 0.5) is 0 Å². The molecule has 3 N–H and O–H groups in total. The molecule has 2 atom stereocenters. The van der Waals surface area contributed by atoms with Crippen molar-refractivity contribution in [3.05, 3.63) is 207 Å². The summed E-state index contributed by atoms with van der Waals surface area (Å²) in [5.41, 5.74) is 5.39. The molecule has 0 aliphatic heterocycles. The van der Waals surface area contributed by atoms with E-state index >= 15 is 0 Å². The number of allylic oxidation sites excluding steroid dienone is 34. The van der Waals surface area contributed by atoms with Gasteiger partial charge in [0, 0.05) is 19.4 Å². The fourth-order valence-electron chi connectivity index (χ4n) is 8.29. The van der Waals surface area contributed by atoms with Gasteiger partial charge in [0.25, 0.3) is 0 Å². The van der Waals surface area contributed by atoms with Gasteiger partial charge in [0.2, 0.25) is 0 Å². The Kier molecular flexibility index (Phi) is 65.4. The Morgan fingerprint density at radius 1 is 0.345 bits per heavy atom.